The van der Waals surface area contributed by atoms with Gasteiger partial charge in [-0.3, -0.25) is 11.2 Å². The molecule has 0 atom stereocenters. The quantitative estimate of drug-likeness (QED) is 0.441. The molecule has 0 saturated carbocycles. The van der Waals surface area contributed by atoms with Gasteiger partial charge in [-0.2, -0.15) is 18.4 Å². The van der Waals surface area contributed by atoms with Gasteiger partial charge in [-0.1, -0.05) is 0 Å². The molecule has 5 heteroatoms. The number of hydrogen-bond acceptors (Lipinski definition) is 1. The Morgan fingerprint density at radius 1 is 1.47 bits per heavy atom. The summed E-state index contributed by atoms with van der Waals surface area (Å²) >= 11 is 0. The Morgan fingerprint density at radius 3 is 2.93 bits per heavy atom. The average Bonchev–Trinajstić information content (AvgIpc) is 2.40. The molecule has 0 amide bonds. The Balaban J connectivity index is 0.000000980. The van der Waals surface area contributed by atoms with E-state index < -0.39 is 0 Å². The number of aromatic nitrogens is 2. The molecule has 1 aromatic rings. The van der Waals surface area contributed by atoms with Crippen LogP contribution < -0.4 is 116 Å². The van der Waals surface area contributed by atoms with Crippen LogP contribution >= 0.6 is 0 Å². The van der Waals surface area contributed by atoms with E-state index in [0.717, 1.165) is 31.7 Å². The van der Waals surface area contributed by atoms with E-state index in [9.17, 15) is 0 Å². The zero-order valence-corrected chi connectivity index (χ0v) is 20.1. The number of rotatable bonds is 0. The molecule has 15 heavy (non-hydrogen) atoms. The maximum absolute atomic E-state index is 4.47. The van der Waals surface area contributed by atoms with Crippen LogP contribution in [0.5, 0.6) is 0 Å². The first-order valence-electron chi connectivity index (χ1n) is 4.73. The van der Waals surface area contributed by atoms with Gasteiger partial charge in [-0.05, 0) is 13.0 Å². The van der Waals surface area contributed by atoms with Crippen molar-refractivity contribution in [3.8, 4) is 0 Å². The molecule has 3 nitrogen and oxygen atoms in total. The molecule has 1 aliphatic heterocycles. The number of hydrogen-bond donors (Lipinski definition) is 0. The molecular weight excluding hydrogens is 333 g/mol. The SMILES string of the molecule is Cc1cc2n(n1)CC[C-](C)C[N-]C2.[Rb+].[Rb+]. The summed E-state index contributed by atoms with van der Waals surface area (Å²) in [5.74, 6) is 1.46. The van der Waals surface area contributed by atoms with Gasteiger partial charge in [-0.25, -0.2) is 0 Å². The van der Waals surface area contributed by atoms with Crippen LogP contribution in [0.25, 0.3) is 5.32 Å². The topological polar surface area (TPSA) is 31.9 Å². The van der Waals surface area contributed by atoms with Crippen molar-refractivity contribution in [2.45, 2.75) is 33.4 Å². The van der Waals surface area contributed by atoms with Crippen LogP contribution in [0.15, 0.2) is 6.07 Å². The van der Waals surface area contributed by atoms with Crippen LogP contribution in [0.4, 0.5) is 0 Å². The summed E-state index contributed by atoms with van der Waals surface area (Å²) in [4.78, 5) is 0. The summed E-state index contributed by atoms with van der Waals surface area (Å²) in [6.07, 6.45) is 1.11. The second kappa shape index (κ2) is 8.81. The van der Waals surface area contributed by atoms with Gasteiger partial charge in [0.1, 0.15) is 0 Å². The fourth-order valence-electron chi connectivity index (χ4n) is 1.66. The summed E-state index contributed by atoms with van der Waals surface area (Å²) < 4.78 is 2.08. The average molecular weight is 348 g/mol. The Morgan fingerprint density at radius 2 is 2.20 bits per heavy atom. The van der Waals surface area contributed by atoms with Gasteiger partial charge >= 0.3 is 116 Å². The van der Waals surface area contributed by atoms with Crippen LogP contribution in [-0.2, 0) is 13.1 Å². The fraction of sp³-hybridized carbons (Fsp3) is 0.600. The Kier molecular flexibility index (Phi) is 10.4. The first kappa shape index (κ1) is 17.8. The standard InChI is InChI=1S/C10H15N3.2Rb/c1-8-3-4-13-10(7-11-6-8)5-9(2)12-13;;/h5H,3-4,6-7H2,1-2H3;;/q-2;2*+1. The van der Waals surface area contributed by atoms with E-state index in [4.69, 9.17) is 0 Å². The van der Waals surface area contributed by atoms with Gasteiger partial charge in [0.15, 0.2) is 0 Å². The molecule has 0 aliphatic carbocycles. The van der Waals surface area contributed by atoms with Crippen molar-refractivity contribution in [1.82, 2.24) is 9.78 Å². The van der Waals surface area contributed by atoms with E-state index in [-0.39, 0.29) is 116 Å². The number of fused-ring (bicyclic) bond motifs is 1. The summed E-state index contributed by atoms with van der Waals surface area (Å²) in [7, 11) is 0. The Labute approximate surface area is 190 Å². The second-order valence-electron chi connectivity index (χ2n) is 3.75. The molecule has 72 valence electrons. The van der Waals surface area contributed by atoms with Gasteiger partial charge in [0.05, 0.1) is 5.69 Å². The molecule has 0 spiro atoms. The van der Waals surface area contributed by atoms with Crippen molar-refractivity contribution in [2.75, 3.05) is 6.54 Å². The second-order valence-corrected chi connectivity index (χ2v) is 3.75. The van der Waals surface area contributed by atoms with Crippen LogP contribution in [0.1, 0.15) is 24.7 Å². The zero-order chi connectivity index (χ0) is 9.26. The predicted molar refractivity (Wildman–Crippen MR) is 52.4 cm³/mol. The van der Waals surface area contributed by atoms with Gasteiger partial charge in [-0.15, -0.1) is 6.54 Å². The normalized spacial score (nSPS) is 16.7. The van der Waals surface area contributed by atoms with Gasteiger partial charge in [0, 0.05) is 12.2 Å². The molecule has 0 aromatic carbocycles. The molecule has 1 aromatic heterocycles. The molecular formula is C10H15N3Rb2. The van der Waals surface area contributed by atoms with E-state index >= 15 is 0 Å². The molecule has 2 rings (SSSR count). The monoisotopic (exact) mass is 347 g/mol. The van der Waals surface area contributed by atoms with Crippen LogP contribution in [0.3, 0.4) is 0 Å². The van der Waals surface area contributed by atoms with E-state index in [2.05, 4.69) is 28.1 Å². The summed E-state index contributed by atoms with van der Waals surface area (Å²) in [6, 6.07) is 2.13. The van der Waals surface area contributed by atoms with Crippen LogP contribution in [0.2, 0.25) is 0 Å². The van der Waals surface area contributed by atoms with Crippen molar-refractivity contribution < 1.29 is 116 Å². The molecule has 2 heterocycles. The largest absolute Gasteiger partial charge is 1.00 e. The Bertz CT molecular complexity index is 299. The summed E-state index contributed by atoms with van der Waals surface area (Å²) in [5, 5.41) is 8.90. The van der Waals surface area contributed by atoms with Crippen molar-refractivity contribution in [2.24, 2.45) is 0 Å². The van der Waals surface area contributed by atoms with Crippen LogP contribution in [0, 0.1) is 12.8 Å². The van der Waals surface area contributed by atoms with Crippen molar-refractivity contribution in [1.29, 1.82) is 0 Å². The van der Waals surface area contributed by atoms with Crippen LogP contribution in [-0.4, -0.2) is 16.3 Å². The molecule has 0 radical (unpaired) electrons. The summed E-state index contributed by atoms with van der Waals surface area (Å²) in [6.45, 7) is 6.96. The predicted octanol–water partition coefficient (Wildman–Crippen LogP) is -3.93. The van der Waals surface area contributed by atoms with E-state index in [0.29, 0.717) is 0 Å². The third-order valence-corrected chi connectivity index (χ3v) is 2.39. The Hall–Kier alpha value is 2.78. The molecule has 0 saturated heterocycles. The minimum Gasteiger partial charge on any atom is -0.683 e. The minimum absolute atomic E-state index is 0. The minimum atomic E-state index is 0. The first-order chi connectivity index (χ1) is 6.25. The van der Waals surface area contributed by atoms with Gasteiger partial charge in [0.2, 0.25) is 0 Å². The maximum atomic E-state index is 4.47. The fourth-order valence-corrected chi connectivity index (χ4v) is 1.66. The van der Waals surface area contributed by atoms with E-state index in [1.807, 2.05) is 6.92 Å². The molecule has 0 N–H and O–H groups in total. The van der Waals surface area contributed by atoms with Crippen molar-refractivity contribution in [3.63, 3.8) is 0 Å². The zero-order valence-electron chi connectivity index (χ0n) is 10.2. The van der Waals surface area contributed by atoms with E-state index in [1.165, 1.54) is 11.6 Å². The van der Waals surface area contributed by atoms with Crippen molar-refractivity contribution in [3.05, 3.63) is 28.7 Å². The maximum Gasteiger partial charge on any atom is 1.00 e. The third-order valence-electron chi connectivity index (χ3n) is 2.39. The van der Waals surface area contributed by atoms with Gasteiger partial charge in [0.25, 0.3) is 0 Å². The first-order valence-corrected chi connectivity index (χ1v) is 4.73. The molecule has 0 unspecified atom stereocenters. The van der Waals surface area contributed by atoms with E-state index in [1.54, 1.807) is 0 Å². The number of nitrogens with zero attached hydrogens (tertiary/aromatic N) is 3. The smallest absolute Gasteiger partial charge is 0.683 e. The summed E-state index contributed by atoms with van der Waals surface area (Å²) in [5.41, 5.74) is 2.36. The number of aryl methyl sites for hydroxylation is 2. The van der Waals surface area contributed by atoms with Gasteiger partial charge < -0.3 is 11.2 Å². The molecule has 0 bridgehead atoms. The third kappa shape index (κ3) is 5.52. The molecule has 1 aliphatic rings. The molecule has 0 fully saturated rings. The van der Waals surface area contributed by atoms with Crippen molar-refractivity contribution >= 4 is 0 Å².